The van der Waals surface area contributed by atoms with Crippen molar-refractivity contribution < 1.29 is 48.0 Å². The summed E-state index contributed by atoms with van der Waals surface area (Å²) >= 11 is 1.20. The van der Waals surface area contributed by atoms with E-state index in [1.165, 1.54) is 11.8 Å². The van der Waals surface area contributed by atoms with Crippen molar-refractivity contribution in [2.45, 2.75) is 50.1 Å². The van der Waals surface area contributed by atoms with Gasteiger partial charge in [-0.2, -0.15) is 0 Å². The Morgan fingerprint density at radius 1 is 0.816 bits per heavy atom. The second-order valence-electron chi connectivity index (χ2n) is 7.96. The number of carbonyl (C=O) groups excluding carboxylic acids is 5. The molecule has 0 bridgehead atoms. The van der Waals surface area contributed by atoms with Crippen molar-refractivity contribution >= 4 is 42.4 Å². The van der Waals surface area contributed by atoms with Crippen LogP contribution in [0, 0.1) is 0 Å². The summed E-state index contributed by atoms with van der Waals surface area (Å²) in [5.41, 5.74) is 0. The number of ether oxygens (including phenoxy) is 4. The van der Waals surface area contributed by atoms with Gasteiger partial charge in [0.1, 0.15) is 25.1 Å². The molecule has 38 heavy (non-hydrogen) atoms. The van der Waals surface area contributed by atoms with Crippen LogP contribution in [-0.2, 0) is 42.9 Å². The lowest BCUT2D eigenvalue weighted by molar-refractivity contribution is -0.122. The third-order valence-corrected chi connectivity index (χ3v) is 5.89. The van der Waals surface area contributed by atoms with Crippen molar-refractivity contribution in [3.8, 4) is 0 Å². The number of hydrogen-bond donors (Lipinski definition) is 4. The van der Waals surface area contributed by atoms with Crippen LogP contribution in [-0.4, -0.2) is 125 Å². The fourth-order valence-corrected chi connectivity index (χ4v) is 3.68. The zero-order chi connectivity index (χ0) is 28.3. The highest BCUT2D eigenvalue weighted by molar-refractivity contribution is 8.00. The van der Waals surface area contributed by atoms with Crippen molar-refractivity contribution in [3.05, 3.63) is 0 Å². The monoisotopic (exact) mass is 565 g/mol. The van der Waals surface area contributed by atoms with Crippen molar-refractivity contribution in [1.29, 1.82) is 0 Å². The summed E-state index contributed by atoms with van der Waals surface area (Å²) < 4.78 is 21.3. The van der Waals surface area contributed by atoms with Gasteiger partial charge >= 0.3 is 0 Å². The maximum Gasteiger partial charge on any atom is 0.221 e. The van der Waals surface area contributed by atoms with Gasteiger partial charge in [-0.05, 0) is 6.92 Å². The number of hydrogen-bond acceptors (Lipinski definition) is 12. The quantitative estimate of drug-likeness (QED) is 0.0509. The van der Waals surface area contributed by atoms with Crippen LogP contribution in [0.4, 0.5) is 0 Å². The zero-order valence-corrected chi connectivity index (χ0v) is 22.9. The highest BCUT2D eigenvalue weighted by Gasteiger charge is 2.17. The number of rotatable bonds is 28. The van der Waals surface area contributed by atoms with Gasteiger partial charge in [0.05, 0.1) is 64.1 Å². The van der Waals surface area contributed by atoms with Gasteiger partial charge in [-0.3, -0.25) is 14.9 Å². The molecule has 0 saturated heterocycles. The van der Waals surface area contributed by atoms with Gasteiger partial charge in [0.15, 0.2) is 0 Å². The van der Waals surface area contributed by atoms with Crippen LogP contribution in [0.25, 0.3) is 0 Å². The molecule has 0 heterocycles. The number of aliphatic hydroxyl groups excluding tert-OH is 1. The van der Waals surface area contributed by atoms with E-state index in [1.54, 1.807) is 6.92 Å². The number of aliphatic hydroxyl groups is 1. The summed E-state index contributed by atoms with van der Waals surface area (Å²) in [6.45, 7) is 5.55. The molecule has 0 aromatic heterocycles. The topological polar surface area (TPSA) is 179 Å². The molecule has 0 rings (SSSR count). The molecule has 0 aromatic carbocycles. The second-order valence-corrected chi connectivity index (χ2v) is 9.31. The third kappa shape index (κ3) is 23.2. The molecule has 2 amide bonds. The first-order valence-corrected chi connectivity index (χ1v) is 13.7. The van der Waals surface area contributed by atoms with Crippen LogP contribution in [0.2, 0.25) is 0 Å². The van der Waals surface area contributed by atoms with E-state index in [4.69, 9.17) is 18.9 Å². The molecule has 4 N–H and O–H groups in total. The molecule has 13 nitrogen and oxygen atoms in total. The van der Waals surface area contributed by atoms with Gasteiger partial charge in [0.25, 0.3) is 0 Å². The molecule has 0 aliphatic rings. The van der Waals surface area contributed by atoms with Crippen LogP contribution >= 0.6 is 11.8 Å². The van der Waals surface area contributed by atoms with E-state index < -0.39 is 17.5 Å². The highest BCUT2D eigenvalue weighted by Crippen LogP contribution is 2.14. The fourth-order valence-electron chi connectivity index (χ4n) is 2.73. The van der Waals surface area contributed by atoms with E-state index in [1.807, 2.05) is 0 Å². The lowest BCUT2D eigenvalue weighted by Crippen LogP contribution is -2.49. The Bertz CT molecular complexity index is 645. The molecule has 3 atom stereocenters. The summed E-state index contributed by atoms with van der Waals surface area (Å²) in [5, 5.41) is 17.7. The molecule has 0 radical (unpaired) electrons. The molecule has 14 heteroatoms. The van der Waals surface area contributed by atoms with Crippen LogP contribution in [0.1, 0.15) is 32.6 Å². The molecule has 220 valence electrons. The molecule has 0 aliphatic carbocycles. The predicted molar refractivity (Wildman–Crippen MR) is 141 cm³/mol. The molecule has 2 unspecified atom stereocenters. The van der Waals surface area contributed by atoms with Gasteiger partial charge in [0, 0.05) is 44.5 Å². The number of carbonyl (C=O) groups is 5. The minimum absolute atomic E-state index is 0.0167. The molecule has 0 aliphatic heterocycles. The first-order chi connectivity index (χ1) is 18.4. The summed E-state index contributed by atoms with van der Waals surface area (Å²) in [6, 6.07) is -0.545. The van der Waals surface area contributed by atoms with E-state index in [0.717, 1.165) is 6.29 Å². The van der Waals surface area contributed by atoms with Gasteiger partial charge in [0.2, 0.25) is 11.8 Å². The maximum absolute atomic E-state index is 12.1. The number of aldehydes is 3. The maximum atomic E-state index is 12.1. The van der Waals surface area contributed by atoms with Crippen molar-refractivity contribution in [2.75, 3.05) is 71.7 Å². The van der Waals surface area contributed by atoms with Crippen molar-refractivity contribution in [3.63, 3.8) is 0 Å². The van der Waals surface area contributed by atoms with Crippen LogP contribution in [0.15, 0.2) is 0 Å². The molecular formula is C24H43N3O10S. The minimum Gasteiger partial charge on any atom is -0.379 e. The third-order valence-electron chi connectivity index (χ3n) is 4.74. The standard InChI is InChI=1S/C24H43N3O10S/c1-20(27-22(31)4-17-38-21(19-30)18-23(32)25-5-2-7-28)24(33)26-6-10-35-12-14-37-16-15-36-13-11-34-9-3-8-29/h7-8,19-21,24,26,33H,2-6,9-18H2,1H3,(H,25,32)(H,27,31)/t20-,21?,24?/m1/s1. The molecule has 0 aromatic rings. The van der Waals surface area contributed by atoms with Crippen molar-refractivity contribution in [1.82, 2.24) is 16.0 Å². The summed E-state index contributed by atoms with van der Waals surface area (Å²) in [6.07, 6.45) is 1.91. The van der Waals surface area contributed by atoms with Gasteiger partial charge in [-0.1, -0.05) is 0 Å². The number of nitrogens with one attached hydrogen (secondary N) is 3. The molecule has 0 fully saturated rings. The first-order valence-electron chi connectivity index (χ1n) is 12.7. The molecule has 0 saturated carbocycles. The molecule has 0 spiro atoms. The summed E-state index contributed by atoms with van der Waals surface area (Å²) in [4.78, 5) is 55.4. The van der Waals surface area contributed by atoms with E-state index in [-0.39, 0.29) is 37.6 Å². The van der Waals surface area contributed by atoms with Crippen LogP contribution < -0.4 is 16.0 Å². The lowest BCUT2D eigenvalue weighted by Gasteiger charge is -2.21. The predicted octanol–water partition coefficient (Wildman–Crippen LogP) is -1.16. The normalized spacial score (nSPS) is 13.3. The van der Waals surface area contributed by atoms with Gasteiger partial charge in [-0.15, -0.1) is 11.8 Å². The Morgan fingerprint density at radius 2 is 1.39 bits per heavy atom. The minimum atomic E-state index is -0.969. The Morgan fingerprint density at radius 3 is 1.97 bits per heavy atom. The Kier molecular flexibility index (Phi) is 25.3. The summed E-state index contributed by atoms with van der Waals surface area (Å²) in [7, 11) is 0. The second kappa shape index (κ2) is 26.7. The largest absolute Gasteiger partial charge is 0.379 e. The Labute approximate surface area is 228 Å². The van der Waals surface area contributed by atoms with Crippen molar-refractivity contribution in [2.24, 2.45) is 0 Å². The first kappa shape index (κ1) is 36.1. The smallest absolute Gasteiger partial charge is 0.221 e. The highest BCUT2D eigenvalue weighted by atomic mass is 32.2. The summed E-state index contributed by atoms with van der Waals surface area (Å²) in [5.74, 6) is -0.267. The van der Waals surface area contributed by atoms with E-state index >= 15 is 0 Å². The Balaban J connectivity index is 3.70. The average Bonchev–Trinajstić information content (AvgIpc) is 2.90. The zero-order valence-electron chi connectivity index (χ0n) is 22.1. The van der Waals surface area contributed by atoms with Crippen LogP contribution in [0.3, 0.4) is 0 Å². The number of amides is 2. The van der Waals surface area contributed by atoms with Crippen LogP contribution in [0.5, 0.6) is 0 Å². The number of thioether (sulfide) groups is 1. The Hall–Kier alpha value is -1.94. The van der Waals surface area contributed by atoms with Gasteiger partial charge in [-0.25, -0.2) is 0 Å². The van der Waals surface area contributed by atoms with E-state index in [2.05, 4.69) is 16.0 Å². The average molecular weight is 566 g/mol. The van der Waals surface area contributed by atoms with E-state index in [0.29, 0.717) is 84.1 Å². The fraction of sp³-hybridized carbons (Fsp3) is 0.792. The molecular weight excluding hydrogens is 522 g/mol. The van der Waals surface area contributed by atoms with Gasteiger partial charge < -0.3 is 49.1 Å². The SMILES string of the molecule is C[C@@H](NC(=O)CCSC(C=O)CC(=O)NCCC=O)C(O)NCCOCCOCCOCCOCCC=O. The van der Waals surface area contributed by atoms with E-state index in [9.17, 15) is 29.1 Å². The lowest BCUT2D eigenvalue weighted by atomic mass is 10.2.